The molecule has 1 N–H and O–H groups in total. The molecule has 5 nitrogen and oxygen atoms in total. The van der Waals surface area contributed by atoms with E-state index in [4.69, 9.17) is 4.74 Å². The number of aliphatic imine (C=N–C) groups is 1. The molecular formula is C24H24BrN3O2S. The van der Waals surface area contributed by atoms with Crippen molar-refractivity contribution in [3.8, 4) is 5.75 Å². The second kappa shape index (κ2) is 8.20. The van der Waals surface area contributed by atoms with Gasteiger partial charge in [0.2, 0.25) is 0 Å². The van der Waals surface area contributed by atoms with Gasteiger partial charge in [0.1, 0.15) is 5.75 Å². The van der Waals surface area contributed by atoms with Gasteiger partial charge in [-0.25, -0.2) is 4.99 Å². The van der Waals surface area contributed by atoms with Crippen LogP contribution in [0.15, 0.2) is 56.8 Å². The van der Waals surface area contributed by atoms with Gasteiger partial charge >= 0.3 is 0 Å². The number of carbonyl (C=O) groups excluding carboxylic acids is 1. The number of hydrogen-bond donors (Lipinski definition) is 1. The van der Waals surface area contributed by atoms with Gasteiger partial charge in [-0.2, -0.15) is 0 Å². The number of allylic oxidation sites excluding steroid dienone is 1. The first-order chi connectivity index (χ1) is 14.7. The topological polar surface area (TPSA) is 53.9 Å². The van der Waals surface area contributed by atoms with Crippen molar-refractivity contribution in [3.05, 3.63) is 63.0 Å². The Morgan fingerprint density at radius 3 is 2.61 bits per heavy atom. The Hall–Kier alpha value is -2.51. The Morgan fingerprint density at radius 1 is 1.23 bits per heavy atom. The standard InChI is InChI=1S/C24H24BrN3O2S/c1-14-13-24(2,3)28(4)19-12-20(30-5)15(10-18(14)19)11-21-22(29)27-23(31-21)26-17-8-6-16(25)7-9-17/h6-13H,1-5H3,(H,26,27,29)/b21-11+. The molecule has 0 atom stereocenters. The first-order valence-electron chi connectivity index (χ1n) is 9.89. The van der Waals surface area contributed by atoms with E-state index < -0.39 is 0 Å². The molecule has 2 aromatic rings. The Labute approximate surface area is 195 Å². The van der Waals surface area contributed by atoms with Crippen molar-refractivity contribution in [2.24, 2.45) is 4.99 Å². The van der Waals surface area contributed by atoms with E-state index in [0.717, 1.165) is 32.7 Å². The zero-order valence-corrected chi connectivity index (χ0v) is 20.5. The third-order valence-electron chi connectivity index (χ3n) is 5.56. The van der Waals surface area contributed by atoms with E-state index in [0.29, 0.717) is 10.1 Å². The molecule has 1 fully saturated rings. The van der Waals surface area contributed by atoms with Crippen molar-refractivity contribution >= 4 is 61.8 Å². The fourth-order valence-electron chi connectivity index (χ4n) is 3.74. The molecule has 31 heavy (non-hydrogen) atoms. The van der Waals surface area contributed by atoms with Gasteiger partial charge < -0.3 is 15.0 Å². The zero-order valence-electron chi connectivity index (χ0n) is 18.1. The number of halogens is 1. The van der Waals surface area contributed by atoms with E-state index in [1.807, 2.05) is 36.4 Å². The molecule has 7 heteroatoms. The fraction of sp³-hybridized carbons (Fsp3) is 0.250. The normalized spacial score (nSPS) is 20.0. The molecule has 1 amide bonds. The summed E-state index contributed by atoms with van der Waals surface area (Å²) in [7, 11) is 3.74. The number of hydrogen-bond acceptors (Lipinski definition) is 5. The number of benzene rings is 2. The predicted octanol–water partition coefficient (Wildman–Crippen LogP) is 5.98. The molecule has 0 saturated carbocycles. The first-order valence-corrected chi connectivity index (χ1v) is 11.5. The number of carbonyl (C=O) groups is 1. The van der Waals surface area contributed by atoms with Crippen LogP contribution in [0.5, 0.6) is 5.75 Å². The molecule has 4 rings (SSSR count). The molecule has 0 aliphatic carbocycles. The van der Waals surface area contributed by atoms with Gasteiger partial charge in [-0.1, -0.05) is 22.0 Å². The summed E-state index contributed by atoms with van der Waals surface area (Å²) in [5, 5.41) is 3.41. The van der Waals surface area contributed by atoms with E-state index in [2.05, 4.69) is 71.1 Å². The molecule has 160 valence electrons. The molecule has 0 bridgehead atoms. The van der Waals surface area contributed by atoms with Crippen LogP contribution in [0, 0.1) is 0 Å². The number of amidine groups is 1. The maximum absolute atomic E-state index is 12.6. The van der Waals surface area contributed by atoms with Crippen LogP contribution in [0.2, 0.25) is 0 Å². The van der Waals surface area contributed by atoms with Crippen molar-refractivity contribution in [3.63, 3.8) is 0 Å². The van der Waals surface area contributed by atoms with Gasteiger partial charge in [-0.3, -0.25) is 4.79 Å². The van der Waals surface area contributed by atoms with Crippen LogP contribution in [-0.4, -0.2) is 30.8 Å². The number of anilines is 1. The van der Waals surface area contributed by atoms with Gasteiger partial charge in [0.25, 0.3) is 5.91 Å². The Morgan fingerprint density at radius 2 is 1.94 bits per heavy atom. The summed E-state index contributed by atoms with van der Waals surface area (Å²) < 4.78 is 6.66. The van der Waals surface area contributed by atoms with Crippen LogP contribution in [0.25, 0.3) is 11.6 Å². The molecule has 1 saturated heterocycles. The largest absolute Gasteiger partial charge is 0.496 e. The van der Waals surface area contributed by atoms with E-state index in [1.165, 1.54) is 17.3 Å². The van der Waals surface area contributed by atoms with Crippen molar-refractivity contribution in [1.29, 1.82) is 0 Å². The second-order valence-electron chi connectivity index (χ2n) is 8.11. The fourth-order valence-corrected chi connectivity index (χ4v) is 4.84. The van der Waals surface area contributed by atoms with Crippen molar-refractivity contribution in [2.75, 3.05) is 19.1 Å². The highest BCUT2D eigenvalue weighted by Crippen LogP contribution is 2.42. The highest BCUT2D eigenvalue weighted by atomic mass is 79.9. The molecule has 0 aromatic heterocycles. The number of methoxy groups -OCH3 is 1. The lowest BCUT2D eigenvalue weighted by molar-refractivity contribution is -0.115. The lowest BCUT2D eigenvalue weighted by Crippen LogP contribution is -2.42. The maximum Gasteiger partial charge on any atom is 0.264 e. The maximum atomic E-state index is 12.6. The van der Waals surface area contributed by atoms with Gasteiger partial charge in [-0.05, 0) is 74.5 Å². The summed E-state index contributed by atoms with van der Waals surface area (Å²) >= 11 is 4.75. The third kappa shape index (κ3) is 4.29. The first kappa shape index (κ1) is 21.7. The van der Waals surface area contributed by atoms with Crippen molar-refractivity contribution in [1.82, 2.24) is 5.32 Å². The number of fused-ring (bicyclic) bond motifs is 1. The summed E-state index contributed by atoms with van der Waals surface area (Å²) in [5.74, 6) is 0.571. The number of thioether (sulfide) groups is 1. The van der Waals surface area contributed by atoms with E-state index >= 15 is 0 Å². The van der Waals surface area contributed by atoms with Crippen LogP contribution in [0.4, 0.5) is 11.4 Å². The summed E-state index contributed by atoms with van der Waals surface area (Å²) in [6.45, 7) is 6.50. The molecule has 0 radical (unpaired) electrons. The number of likely N-dealkylation sites (N-methyl/N-ethyl adjacent to an activating group) is 1. The van der Waals surface area contributed by atoms with E-state index in [9.17, 15) is 4.79 Å². The van der Waals surface area contributed by atoms with Crippen LogP contribution in [-0.2, 0) is 4.79 Å². The van der Waals surface area contributed by atoms with Gasteiger partial charge in [0.05, 0.1) is 23.2 Å². The smallest absolute Gasteiger partial charge is 0.264 e. The highest BCUT2D eigenvalue weighted by molar-refractivity contribution is 9.10. The number of rotatable bonds is 3. The minimum Gasteiger partial charge on any atom is -0.496 e. The van der Waals surface area contributed by atoms with Gasteiger partial charge in [0.15, 0.2) is 5.17 Å². The molecule has 0 spiro atoms. The Balaban J connectivity index is 1.69. The number of ether oxygens (including phenoxy) is 1. The summed E-state index contributed by atoms with van der Waals surface area (Å²) in [5.41, 5.74) is 5.03. The SMILES string of the molecule is COc1cc2c(cc1/C=C1/SC(=Nc3ccc(Br)cc3)NC1=O)C(C)=CC(C)(C)N2C. The molecule has 0 unspecified atom stereocenters. The predicted molar refractivity (Wildman–Crippen MR) is 134 cm³/mol. The molecule has 2 aromatic carbocycles. The molecule has 2 heterocycles. The Bertz CT molecular complexity index is 1150. The molecule has 2 aliphatic rings. The average Bonchev–Trinajstić information content (AvgIpc) is 3.06. The Kier molecular flexibility index (Phi) is 5.75. The summed E-state index contributed by atoms with van der Waals surface area (Å²) in [6.07, 6.45) is 4.13. The third-order valence-corrected chi connectivity index (χ3v) is 7.00. The van der Waals surface area contributed by atoms with Crippen LogP contribution < -0.4 is 15.0 Å². The van der Waals surface area contributed by atoms with Crippen LogP contribution >= 0.6 is 27.7 Å². The van der Waals surface area contributed by atoms with Crippen LogP contribution in [0.3, 0.4) is 0 Å². The average molecular weight is 498 g/mol. The summed E-state index contributed by atoms with van der Waals surface area (Å²) in [6, 6.07) is 11.8. The van der Waals surface area contributed by atoms with Crippen LogP contribution in [0.1, 0.15) is 31.9 Å². The zero-order chi connectivity index (χ0) is 22.3. The lowest BCUT2D eigenvalue weighted by atomic mass is 9.88. The number of amides is 1. The summed E-state index contributed by atoms with van der Waals surface area (Å²) in [4.78, 5) is 19.9. The van der Waals surface area contributed by atoms with Crippen molar-refractivity contribution in [2.45, 2.75) is 26.3 Å². The minimum absolute atomic E-state index is 0.0817. The highest BCUT2D eigenvalue weighted by Gasteiger charge is 2.30. The van der Waals surface area contributed by atoms with Crippen molar-refractivity contribution < 1.29 is 9.53 Å². The van der Waals surface area contributed by atoms with E-state index in [1.54, 1.807) is 7.11 Å². The van der Waals surface area contributed by atoms with Gasteiger partial charge in [-0.15, -0.1) is 0 Å². The second-order valence-corrected chi connectivity index (χ2v) is 10.1. The number of nitrogens with zero attached hydrogens (tertiary/aromatic N) is 2. The molecular weight excluding hydrogens is 474 g/mol. The lowest BCUT2D eigenvalue weighted by Gasteiger charge is -2.41. The quantitative estimate of drug-likeness (QED) is 0.529. The monoisotopic (exact) mass is 497 g/mol. The molecule has 2 aliphatic heterocycles. The van der Waals surface area contributed by atoms with Gasteiger partial charge in [0, 0.05) is 34.4 Å². The minimum atomic E-state index is -0.161. The van der Waals surface area contributed by atoms with E-state index in [-0.39, 0.29) is 11.4 Å². The number of nitrogens with one attached hydrogen (secondary N) is 1.